The van der Waals surface area contributed by atoms with Gasteiger partial charge in [0.25, 0.3) is 0 Å². The number of esters is 1. The molecule has 1 amide bonds. The smallest absolute Gasteiger partial charge is 0.341 e. The number of halogens is 2. The average Bonchev–Trinajstić information content (AvgIpc) is 3.09. The van der Waals surface area contributed by atoms with E-state index in [0.29, 0.717) is 27.3 Å². The van der Waals surface area contributed by atoms with Crippen molar-refractivity contribution >= 4 is 68.9 Å². The highest BCUT2D eigenvalue weighted by atomic mass is 35.5. The van der Waals surface area contributed by atoms with E-state index in [1.165, 1.54) is 42.3 Å². The summed E-state index contributed by atoms with van der Waals surface area (Å²) in [6.07, 6.45) is 2.76. The van der Waals surface area contributed by atoms with Gasteiger partial charge in [0.05, 0.1) is 18.4 Å². The summed E-state index contributed by atoms with van der Waals surface area (Å²) < 4.78 is 18.1. The Morgan fingerprint density at radius 2 is 2.16 bits per heavy atom. The number of nitrogens with one attached hydrogen (secondary N) is 3. The Morgan fingerprint density at radius 3 is 2.88 bits per heavy atom. The Morgan fingerprint density at radius 1 is 1.38 bits per heavy atom. The molecule has 0 saturated carbocycles. The van der Waals surface area contributed by atoms with Crippen molar-refractivity contribution in [2.75, 3.05) is 18.2 Å². The highest BCUT2D eigenvalue weighted by Gasteiger charge is 2.28. The summed E-state index contributed by atoms with van der Waals surface area (Å²) >= 11 is 14.1. The fraction of sp³-hybridized carbons (Fsp3) is 0.381. The summed E-state index contributed by atoms with van der Waals surface area (Å²) in [6, 6.07) is 4.17. The molecule has 32 heavy (non-hydrogen) atoms. The van der Waals surface area contributed by atoms with Gasteiger partial charge in [0.15, 0.2) is 5.11 Å². The Hall–Kier alpha value is -1.88. The van der Waals surface area contributed by atoms with Crippen LogP contribution in [0.4, 0.5) is 9.39 Å². The van der Waals surface area contributed by atoms with E-state index in [9.17, 15) is 14.0 Å². The molecule has 3 rings (SSSR count). The first-order valence-corrected chi connectivity index (χ1v) is 12.6. The number of hydrazine groups is 1. The first-order chi connectivity index (χ1) is 15.3. The molecule has 1 heterocycles. The first kappa shape index (κ1) is 24.8. The number of benzene rings is 1. The molecule has 0 spiro atoms. The normalized spacial score (nSPS) is 14.9. The number of anilines is 1. The van der Waals surface area contributed by atoms with Gasteiger partial charge in [0, 0.05) is 15.7 Å². The van der Waals surface area contributed by atoms with E-state index >= 15 is 0 Å². The van der Waals surface area contributed by atoms with Crippen LogP contribution in [0.25, 0.3) is 0 Å². The number of thiophene rings is 1. The summed E-state index contributed by atoms with van der Waals surface area (Å²) in [4.78, 5) is 25.6. The van der Waals surface area contributed by atoms with Gasteiger partial charge in [-0.3, -0.25) is 15.6 Å². The molecule has 6 nitrogen and oxygen atoms in total. The number of carbonyl (C=O) groups is 2. The lowest BCUT2D eigenvalue weighted by molar-refractivity contribution is -0.119. The summed E-state index contributed by atoms with van der Waals surface area (Å²) in [5, 5.41) is 4.12. The quantitative estimate of drug-likeness (QED) is 0.292. The second-order valence-electron chi connectivity index (χ2n) is 7.40. The molecule has 1 atom stereocenters. The Bertz CT molecular complexity index is 1030. The van der Waals surface area contributed by atoms with Crippen LogP contribution in [0.2, 0.25) is 5.02 Å². The number of amides is 1. The lowest BCUT2D eigenvalue weighted by atomic mass is 9.88. The molecule has 2 aromatic rings. The molecular weight excluding hydrogens is 493 g/mol. The van der Waals surface area contributed by atoms with E-state index < -0.39 is 11.8 Å². The van der Waals surface area contributed by atoms with Crippen LogP contribution in [0.1, 0.15) is 39.7 Å². The summed E-state index contributed by atoms with van der Waals surface area (Å²) in [5.41, 5.74) is 7.47. The lowest BCUT2D eigenvalue weighted by Crippen LogP contribution is -2.44. The maximum absolute atomic E-state index is 13.1. The molecule has 0 radical (unpaired) electrons. The summed E-state index contributed by atoms with van der Waals surface area (Å²) in [6.45, 7) is 2.19. The third-order valence-electron chi connectivity index (χ3n) is 4.95. The van der Waals surface area contributed by atoms with Gasteiger partial charge < -0.3 is 10.1 Å². The first-order valence-electron chi connectivity index (χ1n) is 9.88. The second-order valence-corrected chi connectivity index (χ2v) is 10.3. The van der Waals surface area contributed by atoms with Gasteiger partial charge in [0.1, 0.15) is 10.8 Å². The molecule has 0 fully saturated rings. The Labute approximate surface area is 204 Å². The number of hydrogen-bond acceptors (Lipinski definition) is 6. The van der Waals surface area contributed by atoms with Crippen molar-refractivity contribution in [2.24, 2.45) is 5.92 Å². The van der Waals surface area contributed by atoms with Crippen molar-refractivity contribution in [3.63, 3.8) is 0 Å². The van der Waals surface area contributed by atoms with Gasteiger partial charge in [-0.1, -0.05) is 24.6 Å². The predicted octanol–water partition coefficient (Wildman–Crippen LogP) is 4.70. The third-order valence-corrected chi connectivity index (χ3v) is 7.66. The maximum Gasteiger partial charge on any atom is 0.341 e. The Balaban J connectivity index is 1.51. The van der Waals surface area contributed by atoms with Crippen LogP contribution in [0, 0.1) is 11.7 Å². The van der Waals surface area contributed by atoms with Crippen LogP contribution in [0.5, 0.6) is 0 Å². The van der Waals surface area contributed by atoms with Crippen LogP contribution in [0.15, 0.2) is 18.2 Å². The molecule has 0 saturated heterocycles. The summed E-state index contributed by atoms with van der Waals surface area (Å²) in [7, 11) is 1.36. The van der Waals surface area contributed by atoms with E-state index in [4.69, 9.17) is 28.6 Å². The van der Waals surface area contributed by atoms with Crippen molar-refractivity contribution in [3.05, 3.63) is 50.6 Å². The largest absolute Gasteiger partial charge is 0.465 e. The molecule has 3 N–H and O–H groups in total. The number of methoxy groups -OCH3 is 1. The molecule has 1 aromatic carbocycles. The lowest BCUT2D eigenvalue weighted by Gasteiger charge is -2.18. The molecule has 1 aliphatic rings. The van der Waals surface area contributed by atoms with Gasteiger partial charge in [0.2, 0.25) is 5.91 Å². The zero-order valence-electron chi connectivity index (χ0n) is 17.6. The van der Waals surface area contributed by atoms with Crippen LogP contribution in [-0.2, 0) is 28.1 Å². The molecule has 0 bridgehead atoms. The van der Waals surface area contributed by atoms with Crippen LogP contribution in [-0.4, -0.2) is 29.9 Å². The molecule has 0 unspecified atom stereocenters. The monoisotopic (exact) mass is 515 g/mol. The molecule has 1 aliphatic carbocycles. The standard InChI is InChI=1S/C21H23ClFN3O3S3/c1-11-3-6-14-16(7-11)32-19(18(14)20(28)29-2)24-21(30)26-25-17(27)10-31-9-12-4-5-13(23)8-15(12)22/h4-5,8,11H,3,6-7,9-10H2,1-2H3,(H,25,27)(H2,24,26,30)/t11-/m0/s1. The number of carbonyl (C=O) groups excluding carboxylic acids is 2. The van der Waals surface area contributed by atoms with Crippen LogP contribution < -0.4 is 16.2 Å². The van der Waals surface area contributed by atoms with Gasteiger partial charge in [-0.25, -0.2) is 9.18 Å². The number of hydrogen-bond donors (Lipinski definition) is 3. The van der Waals surface area contributed by atoms with Gasteiger partial charge >= 0.3 is 5.97 Å². The Kier molecular flexibility index (Phi) is 8.75. The van der Waals surface area contributed by atoms with Crippen molar-refractivity contribution in [1.29, 1.82) is 0 Å². The number of rotatable bonds is 6. The fourth-order valence-electron chi connectivity index (χ4n) is 3.35. The van der Waals surface area contributed by atoms with Crippen LogP contribution >= 0.6 is 46.9 Å². The molecule has 11 heteroatoms. The van der Waals surface area contributed by atoms with Gasteiger partial charge in [-0.2, -0.15) is 0 Å². The van der Waals surface area contributed by atoms with E-state index in [0.717, 1.165) is 35.3 Å². The van der Waals surface area contributed by atoms with E-state index in [2.05, 4.69) is 23.1 Å². The van der Waals surface area contributed by atoms with Crippen molar-refractivity contribution in [3.8, 4) is 0 Å². The minimum atomic E-state index is -0.401. The maximum atomic E-state index is 13.1. The highest BCUT2D eigenvalue weighted by molar-refractivity contribution is 7.99. The van der Waals surface area contributed by atoms with Crippen LogP contribution in [0.3, 0.4) is 0 Å². The minimum Gasteiger partial charge on any atom is -0.465 e. The average molecular weight is 516 g/mol. The van der Waals surface area contributed by atoms with Crippen molar-refractivity contribution in [1.82, 2.24) is 10.9 Å². The van der Waals surface area contributed by atoms with Gasteiger partial charge in [-0.15, -0.1) is 23.1 Å². The zero-order chi connectivity index (χ0) is 23.3. The predicted molar refractivity (Wildman–Crippen MR) is 132 cm³/mol. The SMILES string of the molecule is COC(=O)c1c(NC(=S)NNC(=O)CSCc2ccc(F)cc2Cl)sc2c1CC[C@H](C)C2. The van der Waals surface area contributed by atoms with Gasteiger partial charge in [-0.05, 0) is 60.7 Å². The van der Waals surface area contributed by atoms with Crippen molar-refractivity contribution < 1.29 is 18.7 Å². The third kappa shape index (κ3) is 6.34. The zero-order valence-corrected chi connectivity index (χ0v) is 20.8. The number of ether oxygens (including phenoxy) is 1. The van der Waals surface area contributed by atoms with E-state index in [-0.39, 0.29) is 16.8 Å². The molecular formula is C21H23ClFN3O3S3. The number of thiocarbonyl (C=S) groups is 1. The molecule has 0 aliphatic heterocycles. The van der Waals surface area contributed by atoms with Crippen molar-refractivity contribution in [2.45, 2.75) is 31.9 Å². The van der Waals surface area contributed by atoms with E-state index in [1.54, 1.807) is 6.07 Å². The fourth-order valence-corrected chi connectivity index (χ4v) is 6.11. The van der Waals surface area contributed by atoms with E-state index in [1.807, 2.05) is 0 Å². The molecule has 1 aromatic heterocycles. The topological polar surface area (TPSA) is 79.5 Å². The second kappa shape index (κ2) is 11.3. The number of fused-ring (bicyclic) bond motifs is 1. The highest BCUT2D eigenvalue weighted by Crippen LogP contribution is 2.40. The molecule has 172 valence electrons. The minimum absolute atomic E-state index is 0.155. The number of thioether (sulfide) groups is 1. The summed E-state index contributed by atoms with van der Waals surface area (Å²) in [5.74, 6) is 0.0974.